The standard InChI is InChI=1S/C16H17N3O2/c1-20-15-6-4-13(10-16(15)21-2)19-12-3-5-14(18)11(9-12)7-8-17/h3-6,9-10,19H,7,18H2,1-2H3. The van der Waals surface area contributed by atoms with Crippen LogP contribution in [0.3, 0.4) is 0 Å². The predicted molar refractivity (Wildman–Crippen MR) is 83.0 cm³/mol. The zero-order valence-electron chi connectivity index (χ0n) is 12.0. The first kappa shape index (κ1) is 14.5. The molecular weight excluding hydrogens is 266 g/mol. The summed E-state index contributed by atoms with van der Waals surface area (Å²) in [6, 6.07) is 13.2. The number of ether oxygens (including phenoxy) is 2. The van der Waals surface area contributed by atoms with Crippen molar-refractivity contribution in [3.05, 3.63) is 42.0 Å². The molecule has 0 saturated carbocycles. The number of benzene rings is 2. The molecule has 21 heavy (non-hydrogen) atoms. The fraction of sp³-hybridized carbons (Fsp3) is 0.188. The van der Waals surface area contributed by atoms with Crippen molar-refractivity contribution in [3.8, 4) is 17.6 Å². The molecule has 2 aromatic carbocycles. The third kappa shape index (κ3) is 3.37. The summed E-state index contributed by atoms with van der Waals surface area (Å²) < 4.78 is 10.5. The molecule has 0 amide bonds. The van der Waals surface area contributed by atoms with Crippen molar-refractivity contribution in [1.82, 2.24) is 0 Å². The second-order valence-electron chi connectivity index (χ2n) is 4.44. The van der Waals surface area contributed by atoms with Gasteiger partial charge in [-0.25, -0.2) is 0 Å². The Morgan fingerprint density at radius 1 is 1.05 bits per heavy atom. The maximum atomic E-state index is 8.79. The van der Waals surface area contributed by atoms with Gasteiger partial charge in [0.15, 0.2) is 11.5 Å². The van der Waals surface area contributed by atoms with Crippen LogP contribution in [0.4, 0.5) is 17.1 Å². The summed E-state index contributed by atoms with van der Waals surface area (Å²) in [5, 5.41) is 12.0. The van der Waals surface area contributed by atoms with Crippen LogP contribution in [0.1, 0.15) is 5.56 Å². The van der Waals surface area contributed by atoms with Crippen LogP contribution in [-0.4, -0.2) is 14.2 Å². The summed E-state index contributed by atoms with van der Waals surface area (Å²) in [6.07, 6.45) is 0.285. The van der Waals surface area contributed by atoms with E-state index in [9.17, 15) is 0 Å². The normalized spacial score (nSPS) is 9.76. The van der Waals surface area contributed by atoms with E-state index in [1.807, 2.05) is 30.3 Å². The molecule has 0 unspecified atom stereocenters. The summed E-state index contributed by atoms with van der Waals surface area (Å²) in [5.74, 6) is 1.32. The van der Waals surface area contributed by atoms with Crippen molar-refractivity contribution in [1.29, 1.82) is 5.26 Å². The molecule has 0 fully saturated rings. The Labute approximate surface area is 123 Å². The van der Waals surface area contributed by atoms with Crippen molar-refractivity contribution in [2.45, 2.75) is 6.42 Å². The van der Waals surface area contributed by atoms with Gasteiger partial charge in [0, 0.05) is 23.1 Å². The molecule has 2 rings (SSSR count). The molecule has 0 aromatic heterocycles. The van der Waals surface area contributed by atoms with Crippen molar-refractivity contribution >= 4 is 17.1 Å². The van der Waals surface area contributed by atoms with Gasteiger partial charge in [-0.15, -0.1) is 0 Å². The Kier molecular flexibility index (Phi) is 4.52. The van der Waals surface area contributed by atoms with E-state index >= 15 is 0 Å². The van der Waals surface area contributed by atoms with Crippen LogP contribution in [0, 0.1) is 11.3 Å². The maximum Gasteiger partial charge on any atom is 0.162 e. The van der Waals surface area contributed by atoms with E-state index in [1.54, 1.807) is 20.3 Å². The van der Waals surface area contributed by atoms with E-state index < -0.39 is 0 Å². The molecule has 0 radical (unpaired) electrons. The first-order chi connectivity index (χ1) is 10.2. The molecule has 0 aliphatic carbocycles. The monoisotopic (exact) mass is 283 g/mol. The lowest BCUT2D eigenvalue weighted by atomic mass is 10.1. The van der Waals surface area contributed by atoms with E-state index in [4.69, 9.17) is 20.5 Å². The largest absolute Gasteiger partial charge is 0.493 e. The van der Waals surface area contributed by atoms with E-state index in [0.29, 0.717) is 17.2 Å². The smallest absolute Gasteiger partial charge is 0.162 e. The molecule has 3 N–H and O–H groups in total. The zero-order chi connectivity index (χ0) is 15.2. The number of nitriles is 1. The van der Waals surface area contributed by atoms with Gasteiger partial charge >= 0.3 is 0 Å². The number of anilines is 3. The third-order valence-corrected chi connectivity index (χ3v) is 3.08. The molecule has 5 heteroatoms. The van der Waals surface area contributed by atoms with Crippen molar-refractivity contribution < 1.29 is 9.47 Å². The Morgan fingerprint density at radius 2 is 1.71 bits per heavy atom. The highest BCUT2D eigenvalue weighted by atomic mass is 16.5. The Bertz CT molecular complexity index is 678. The molecule has 0 atom stereocenters. The van der Waals surface area contributed by atoms with Crippen LogP contribution >= 0.6 is 0 Å². The van der Waals surface area contributed by atoms with Gasteiger partial charge in [-0.1, -0.05) is 0 Å². The highest BCUT2D eigenvalue weighted by Crippen LogP contribution is 2.31. The first-order valence-corrected chi connectivity index (χ1v) is 6.42. The van der Waals surface area contributed by atoms with E-state index in [2.05, 4.69) is 11.4 Å². The molecule has 0 aliphatic rings. The highest BCUT2D eigenvalue weighted by molar-refractivity contribution is 5.67. The summed E-state index contributed by atoms with van der Waals surface area (Å²) in [4.78, 5) is 0. The lowest BCUT2D eigenvalue weighted by molar-refractivity contribution is 0.355. The average molecular weight is 283 g/mol. The van der Waals surface area contributed by atoms with Crippen LogP contribution in [-0.2, 0) is 6.42 Å². The Hall–Kier alpha value is -2.87. The second kappa shape index (κ2) is 6.53. The lowest BCUT2D eigenvalue weighted by Crippen LogP contribution is -1.97. The fourth-order valence-corrected chi connectivity index (χ4v) is 2.00. The van der Waals surface area contributed by atoms with Crippen molar-refractivity contribution in [2.75, 3.05) is 25.3 Å². The van der Waals surface area contributed by atoms with Gasteiger partial charge in [-0.2, -0.15) is 5.26 Å². The fourth-order valence-electron chi connectivity index (χ4n) is 2.00. The van der Waals surface area contributed by atoms with E-state index in [0.717, 1.165) is 16.9 Å². The zero-order valence-corrected chi connectivity index (χ0v) is 12.0. The summed E-state index contributed by atoms with van der Waals surface area (Å²) >= 11 is 0. The van der Waals surface area contributed by atoms with Crippen LogP contribution < -0.4 is 20.5 Å². The highest BCUT2D eigenvalue weighted by Gasteiger charge is 2.06. The molecular formula is C16H17N3O2. The van der Waals surface area contributed by atoms with Crippen molar-refractivity contribution in [2.24, 2.45) is 0 Å². The van der Waals surface area contributed by atoms with Gasteiger partial charge < -0.3 is 20.5 Å². The van der Waals surface area contributed by atoms with Crippen LogP contribution in [0.25, 0.3) is 0 Å². The first-order valence-electron chi connectivity index (χ1n) is 6.42. The SMILES string of the molecule is COc1ccc(Nc2ccc(N)c(CC#N)c2)cc1OC. The van der Waals surface area contributed by atoms with Gasteiger partial charge in [0.05, 0.1) is 26.7 Å². The predicted octanol–water partition coefficient (Wildman–Crippen LogP) is 3.10. The van der Waals surface area contributed by atoms with Crippen LogP contribution in [0.5, 0.6) is 11.5 Å². The Balaban J connectivity index is 2.26. The quantitative estimate of drug-likeness (QED) is 0.824. The molecule has 0 spiro atoms. The average Bonchev–Trinajstić information content (AvgIpc) is 2.50. The van der Waals surface area contributed by atoms with Gasteiger partial charge in [0.25, 0.3) is 0 Å². The maximum absolute atomic E-state index is 8.79. The summed E-state index contributed by atoms with van der Waals surface area (Å²) in [5.41, 5.74) is 8.99. The van der Waals surface area contributed by atoms with Gasteiger partial charge in [-0.3, -0.25) is 0 Å². The van der Waals surface area contributed by atoms with Crippen LogP contribution in [0.15, 0.2) is 36.4 Å². The molecule has 108 valence electrons. The number of hydrogen-bond acceptors (Lipinski definition) is 5. The second-order valence-corrected chi connectivity index (χ2v) is 4.44. The molecule has 0 aliphatic heterocycles. The topological polar surface area (TPSA) is 80.3 Å². The molecule has 5 nitrogen and oxygen atoms in total. The minimum absolute atomic E-state index is 0.285. The third-order valence-electron chi connectivity index (χ3n) is 3.08. The molecule has 0 heterocycles. The van der Waals surface area contributed by atoms with Gasteiger partial charge in [0.1, 0.15) is 0 Å². The number of methoxy groups -OCH3 is 2. The van der Waals surface area contributed by atoms with Crippen LogP contribution in [0.2, 0.25) is 0 Å². The van der Waals surface area contributed by atoms with E-state index in [1.165, 1.54) is 0 Å². The number of nitrogen functional groups attached to an aromatic ring is 1. The lowest BCUT2D eigenvalue weighted by Gasteiger charge is -2.12. The van der Waals surface area contributed by atoms with Gasteiger partial charge in [-0.05, 0) is 35.9 Å². The molecule has 2 aromatic rings. The molecule has 0 saturated heterocycles. The number of hydrogen-bond donors (Lipinski definition) is 2. The minimum atomic E-state index is 0.285. The van der Waals surface area contributed by atoms with E-state index in [-0.39, 0.29) is 6.42 Å². The Morgan fingerprint density at radius 3 is 2.38 bits per heavy atom. The number of nitrogens with two attached hydrogens (primary N) is 1. The minimum Gasteiger partial charge on any atom is -0.493 e. The molecule has 0 bridgehead atoms. The summed E-state index contributed by atoms with van der Waals surface area (Å²) in [6.45, 7) is 0. The van der Waals surface area contributed by atoms with Crippen molar-refractivity contribution in [3.63, 3.8) is 0 Å². The number of nitrogens with one attached hydrogen (secondary N) is 1. The number of rotatable bonds is 5. The summed E-state index contributed by atoms with van der Waals surface area (Å²) in [7, 11) is 3.19. The van der Waals surface area contributed by atoms with Gasteiger partial charge in [0.2, 0.25) is 0 Å². The number of nitrogens with zero attached hydrogens (tertiary/aromatic N) is 1.